The summed E-state index contributed by atoms with van der Waals surface area (Å²) < 4.78 is 34.7. The van der Waals surface area contributed by atoms with Gasteiger partial charge in [-0.15, -0.1) is 5.10 Å². The van der Waals surface area contributed by atoms with Crippen LogP contribution in [-0.2, 0) is 18.0 Å². The molecule has 2 heterocycles. The third-order valence-corrected chi connectivity index (χ3v) is 5.51. The van der Waals surface area contributed by atoms with Crippen LogP contribution in [0.2, 0.25) is 0 Å². The topological polar surface area (TPSA) is 106 Å². The standard InChI is InChI=1S/C26H20F2N6O2.2H2/c1-15-23-25(33-34-32-23)31-24(29-15)17-8-10-21(27)20(11-17)26(35)30-19-9-7-18(22(28)12-19)14-36-13-16-5-3-2-4-6-16;;/h2-12H,13-14H2,1H3,(H,30,35)(H,29,31,32,33,34);2*1H. The van der Waals surface area contributed by atoms with Gasteiger partial charge in [-0.25, -0.2) is 18.7 Å². The van der Waals surface area contributed by atoms with Crippen LogP contribution in [0.5, 0.6) is 0 Å². The molecule has 0 atom stereocenters. The molecule has 8 nitrogen and oxygen atoms in total. The van der Waals surface area contributed by atoms with Crippen LogP contribution < -0.4 is 5.32 Å². The van der Waals surface area contributed by atoms with Gasteiger partial charge < -0.3 is 10.1 Å². The van der Waals surface area contributed by atoms with Crippen LogP contribution in [0.15, 0.2) is 66.7 Å². The predicted molar refractivity (Wildman–Crippen MR) is 133 cm³/mol. The fourth-order valence-corrected chi connectivity index (χ4v) is 3.64. The van der Waals surface area contributed by atoms with Gasteiger partial charge in [0.05, 0.1) is 24.5 Å². The van der Waals surface area contributed by atoms with E-state index in [9.17, 15) is 13.6 Å². The first kappa shape index (κ1) is 23.2. The van der Waals surface area contributed by atoms with Gasteiger partial charge in [-0.2, -0.15) is 10.3 Å². The van der Waals surface area contributed by atoms with E-state index in [0.717, 1.165) is 11.6 Å². The first-order valence-corrected chi connectivity index (χ1v) is 11.0. The van der Waals surface area contributed by atoms with Crippen LogP contribution in [0, 0.1) is 18.6 Å². The van der Waals surface area contributed by atoms with Gasteiger partial charge in [0.15, 0.2) is 11.3 Å². The summed E-state index contributed by atoms with van der Waals surface area (Å²) in [5.74, 6) is -1.74. The highest BCUT2D eigenvalue weighted by atomic mass is 19.1. The first-order valence-electron chi connectivity index (χ1n) is 11.0. The lowest BCUT2D eigenvalue weighted by Crippen LogP contribution is -2.14. The van der Waals surface area contributed by atoms with E-state index in [-0.39, 0.29) is 26.5 Å². The quantitative estimate of drug-likeness (QED) is 0.314. The van der Waals surface area contributed by atoms with E-state index in [1.165, 1.54) is 30.3 Å². The summed E-state index contributed by atoms with van der Waals surface area (Å²) in [4.78, 5) is 21.5. The second-order valence-corrected chi connectivity index (χ2v) is 8.06. The normalized spacial score (nSPS) is 11.1. The van der Waals surface area contributed by atoms with E-state index >= 15 is 0 Å². The molecule has 2 aromatic heterocycles. The zero-order chi connectivity index (χ0) is 25.1. The summed E-state index contributed by atoms with van der Waals surface area (Å²) in [7, 11) is 0. The number of H-pyrrole nitrogens is 1. The van der Waals surface area contributed by atoms with Crippen molar-refractivity contribution in [3.8, 4) is 11.4 Å². The van der Waals surface area contributed by atoms with E-state index in [1.807, 2.05) is 30.3 Å². The number of nitrogens with zero attached hydrogens (tertiary/aromatic N) is 4. The Morgan fingerprint density at radius 3 is 2.61 bits per heavy atom. The van der Waals surface area contributed by atoms with Gasteiger partial charge >= 0.3 is 0 Å². The number of benzene rings is 3. The highest BCUT2D eigenvalue weighted by molar-refractivity contribution is 6.05. The molecule has 0 unspecified atom stereocenters. The lowest BCUT2D eigenvalue weighted by molar-refractivity contribution is 0.102. The number of hydrogen-bond acceptors (Lipinski definition) is 6. The van der Waals surface area contributed by atoms with Crippen molar-refractivity contribution in [1.29, 1.82) is 0 Å². The van der Waals surface area contributed by atoms with E-state index < -0.39 is 17.5 Å². The number of carbonyl (C=O) groups excluding carboxylic acids is 1. The summed E-state index contributed by atoms with van der Waals surface area (Å²) >= 11 is 0. The number of ether oxygens (including phenoxy) is 1. The zero-order valence-corrected chi connectivity index (χ0v) is 19.1. The van der Waals surface area contributed by atoms with Crippen molar-refractivity contribution in [2.45, 2.75) is 20.1 Å². The average Bonchev–Trinajstić information content (AvgIpc) is 3.36. The summed E-state index contributed by atoms with van der Waals surface area (Å²) in [5.41, 5.74) is 3.16. The molecular weight excluding hydrogens is 466 g/mol. The van der Waals surface area contributed by atoms with Crippen molar-refractivity contribution in [2.24, 2.45) is 0 Å². The Morgan fingerprint density at radius 1 is 0.972 bits per heavy atom. The van der Waals surface area contributed by atoms with E-state index in [1.54, 1.807) is 6.92 Å². The molecule has 0 aliphatic rings. The van der Waals surface area contributed by atoms with Gasteiger partial charge in [0.2, 0.25) is 5.65 Å². The van der Waals surface area contributed by atoms with E-state index in [4.69, 9.17) is 4.74 Å². The lowest BCUT2D eigenvalue weighted by Gasteiger charge is -2.10. The van der Waals surface area contributed by atoms with E-state index in [2.05, 4.69) is 30.7 Å². The molecule has 5 rings (SSSR count). The van der Waals surface area contributed by atoms with Gasteiger partial charge in [-0.3, -0.25) is 4.79 Å². The van der Waals surface area contributed by atoms with Crippen LogP contribution >= 0.6 is 0 Å². The monoisotopic (exact) mass is 490 g/mol. The SMILES string of the molecule is Cc1nc(-c2ccc(F)c(C(=O)Nc3ccc(COCc4ccccc4)c(F)c3)c2)nc2n[nH]nc12.[HH].[HH]. The molecule has 0 saturated heterocycles. The molecule has 0 bridgehead atoms. The maximum Gasteiger partial charge on any atom is 0.258 e. The van der Waals surface area contributed by atoms with Crippen LogP contribution in [0.1, 0.15) is 30.0 Å². The van der Waals surface area contributed by atoms with Crippen LogP contribution in [-0.4, -0.2) is 31.3 Å². The Balaban J connectivity index is 0.00000200. The number of aromatic nitrogens is 5. The van der Waals surface area contributed by atoms with Crippen LogP contribution in [0.3, 0.4) is 0 Å². The number of halogens is 2. The number of anilines is 1. The molecule has 3 aromatic carbocycles. The number of fused-ring (bicyclic) bond motifs is 1. The molecule has 0 saturated carbocycles. The fourth-order valence-electron chi connectivity index (χ4n) is 3.64. The molecule has 10 heteroatoms. The maximum atomic E-state index is 14.6. The number of amides is 1. The number of nitrogens with one attached hydrogen (secondary N) is 2. The molecule has 184 valence electrons. The molecule has 0 spiro atoms. The third-order valence-electron chi connectivity index (χ3n) is 5.51. The molecule has 1 amide bonds. The van der Waals surface area contributed by atoms with Gasteiger partial charge in [0, 0.05) is 19.7 Å². The van der Waals surface area contributed by atoms with Crippen molar-refractivity contribution in [2.75, 3.05) is 5.32 Å². The first-order chi connectivity index (χ1) is 17.5. The molecule has 5 aromatic rings. The number of aryl methyl sites for hydroxylation is 1. The third kappa shape index (κ3) is 4.93. The number of hydrogen-bond donors (Lipinski definition) is 2. The largest absolute Gasteiger partial charge is 0.372 e. The molecule has 0 aliphatic carbocycles. The van der Waals surface area contributed by atoms with Crippen LogP contribution in [0.4, 0.5) is 14.5 Å². The average molecular weight is 491 g/mol. The Morgan fingerprint density at radius 2 is 1.81 bits per heavy atom. The second kappa shape index (κ2) is 9.96. The Labute approximate surface area is 207 Å². The number of carbonyl (C=O) groups is 1. The maximum absolute atomic E-state index is 14.6. The summed E-state index contributed by atoms with van der Waals surface area (Å²) in [6.07, 6.45) is 0. The molecule has 2 N–H and O–H groups in total. The van der Waals surface area contributed by atoms with Crippen molar-refractivity contribution in [3.05, 3.63) is 101 Å². The number of aromatic amines is 1. The molecular formula is C26H24F2N6O2. The Kier molecular flexibility index (Phi) is 6.42. The molecule has 0 aliphatic heterocycles. The fraction of sp³-hybridized carbons (Fsp3) is 0.115. The highest BCUT2D eigenvalue weighted by Gasteiger charge is 2.17. The summed E-state index contributed by atoms with van der Waals surface area (Å²) in [5, 5.41) is 13.0. The Hall–Kier alpha value is -4.57. The number of rotatable bonds is 7. The summed E-state index contributed by atoms with van der Waals surface area (Å²) in [6, 6.07) is 17.7. The van der Waals surface area contributed by atoms with Crippen molar-refractivity contribution in [3.63, 3.8) is 0 Å². The van der Waals surface area contributed by atoms with Crippen molar-refractivity contribution < 1.29 is 21.2 Å². The molecule has 0 radical (unpaired) electrons. The summed E-state index contributed by atoms with van der Waals surface area (Å²) in [6.45, 7) is 2.17. The molecule has 0 fully saturated rings. The predicted octanol–water partition coefficient (Wildman–Crippen LogP) is 5.46. The van der Waals surface area contributed by atoms with Gasteiger partial charge in [-0.1, -0.05) is 36.4 Å². The molecule has 36 heavy (non-hydrogen) atoms. The smallest absolute Gasteiger partial charge is 0.258 e. The van der Waals surface area contributed by atoms with E-state index in [0.29, 0.717) is 34.6 Å². The second-order valence-electron chi connectivity index (χ2n) is 8.06. The van der Waals surface area contributed by atoms with Gasteiger partial charge in [-0.05, 0) is 42.8 Å². The van der Waals surface area contributed by atoms with Crippen molar-refractivity contribution in [1.82, 2.24) is 25.4 Å². The lowest BCUT2D eigenvalue weighted by atomic mass is 10.1. The van der Waals surface area contributed by atoms with Gasteiger partial charge in [0.25, 0.3) is 5.91 Å². The highest BCUT2D eigenvalue weighted by Crippen LogP contribution is 2.23. The minimum absolute atomic E-state index is 0. The minimum atomic E-state index is -0.735. The zero-order valence-electron chi connectivity index (χ0n) is 19.1. The van der Waals surface area contributed by atoms with Gasteiger partial charge in [0.1, 0.15) is 11.6 Å². The minimum Gasteiger partial charge on any atom is -0.372 e. The van der Waals surface area contributed by atoms with Crippen molar-refractivity contribution >= 4 is 22.8 Å². The van der Waals surface area contributed by atoms with Crippen LogP contribution in [0.25, 0.3) is 22.6 Å². The Bertz CT molecular complexity index is 1570.